The first-order chi connectivity index (χ1) is 16.1. The second-order valence-electron chi connectivity index (χ2n) is 8.26. The van der Waals surface area contributed by atoms with E-state index in [1.54, 1.807) is 22.4 Å². The van der Waals surface area contributed by atoms with Gasteiger partial charge in [0.2, 0.25) is 0 Å². The minimum atomic E-state index is -4.76. The Labute approximate surface area is 199 Å². The number of nitrogens with zero attached hydrogens (tertiary/aromatic N) is 2. The van der Waals surface area contributed by atoms with E-state index in [-0.39, 0.29) is 23.4 Å². The normalized spacial score (nSPS) is 14.8. The Morgan fingerprint density at radius 1 is 1.09 bits per heavy atom. The number of aryl methyl sites for hydroxylation is 1. The maximum atomic E-state index is 13.4. The molecule has 1 fully saturated rings. The van der Waals surface area contributed by atoms with E-state index in [0.29, 0.717) is 35.5 Å². The highest BCUT2D eigenvalue weighted by atomic mass is 32.1. The summed E-state index contributed by atoms with van der Waals surface area (Å²) >= 11 is 1.48. The summed E-state index contributed by atoms with van der Waals surface area (Å²) < 4.78 is 41.4. The van der Waals surface area contributed by atoms with Crippen LogP contribution in [0.2, 0.25) is 0 Å². The lowest BCUT2D eigenvalue weighted by Gasteiger charge is -2.32. The monoisotopic (exact) mass is 488 g/mol. The summed E-state index contributed by atoms with van der Waals surface area (Å²) in [6, 6.07) is 11.0. The molecule has 34 heavy (non-hydrogen) atoms. The summed E-state index contributed by atoms with van der Waals surface area (Å²) in [7, 11) is 0. The lowest BCUT2D eigenvalue weighted by atomic mass is 9.92. The SMILES string of the molecule is CC(=O)c1csc(C2CCN(C(=O)c3cccc(C)c3-c3ccc(OC(F)(F)F)cc3)CC2)n1. The van der Waals surface area contributed by atoms with Crippen LogP contribution >= 0.6 is 11.3 Å². The molecule has 0 radical (unpaired) electrons. The Kier molecular flexibility index (Phi) is 6.74. The Bertz CT molecular complexity index is 1200. The molecule has 2 aromatic carbocycles. The van der Waals surface area contributed by atoms with E-state index in [4.69, 9.17) is 0 Å². The first-order valence-corrected chi connectivity index (χ1v) is 11.7. The average molecular weight is 489 g/mol. The van der Waals surface area contributed by atoms with Crippen LogP contribution in [0.5, 0.6) is 5.75 Å². The molecule has 0 N–H and O–H groups in total. The molecule has 0 aliphatic carbocycles. The number of carbonyl (C=O) groups is 2. The third kappa shape index (κ3) is 5.30. The van der Waals surface area contributed by atoms with Crippen LogP contribution in [0, 0.1) is 6.92 Å². The van der Waals surface area contributed by atoms with E-state index in [0.717, 1.165) is 23.4 Å². The van der Waals surface area contributed by atoms with Gasteiger partial charge in [0.05, 0.1) is 5.01 Å². The molecule has 0 atom stereocenters. The molecule has 178 valence electrons. The molecule has 1 aliphatic heterocycles. The fourth-order valence-electron chi connectivity index (χ4n) is 4.19. The maximum absolute atomic E-state index is 13.4. The van der Waals surface area contributed by atoms with Crippen molar-refractivity contribution in [1.29, 1.82) is 0 Å². The minimum Gasteiger partial charge on any atom is -0.406 e. The van der Waals surface area contributed by atoms with E-state index in [2.05, 4.69) is 9.72 Å². The van der Waals surface area contributed by atoms with Crippen LogP contribution in [0.4, 0.5) is 13.2 Å². The molecule has 3 aromatic rings. The van der Waals surface area contributed by atoms with Crippen molar-refractivity contribution in [3.8, 4) is 16.9 Å². The lowest BCUT2D eigenvalue weighted by Crippen LogP contribution is -2.38. The van der Waals surface area contributed by atoms with Gasteiger partial charge in [-0.1, -0.05) is 24.3 Å². The topological polar surface area (TPSA) is 59.5 Å². The van der Waals surface area contributed by atoms with Crippen molar-refractivity contribution < 1.29 is 27.5 Å². The van der Waals surface area contributed by atoms with Crippen molar-refractivity contribution in [3.63, 3.8) is 0 Å². The van der Waals surface area contributed by atoms with Crippen LogP contribution in [-0.2, 0) is 0 Å². The second kappa shape index (κ2) is 9.58. The van der Waals surface area contributed by atoms with Crippen molar-refractivity contribution in [2.24, 2.45) is 0 Å². The van der Waals surface area contributed by atoms with Crippen LogP contribution in [0.25, 0.3) is 11.1 Å². The standard InChI is InChI=1S/C25H23F3N2O3S/c1-15-4-3-5-20(22(15)17-6-8-19(9-7-17)33-25(26,27)28)24(32)30-12-10-18(11-13-30)23-29-21(14-34-23)16(2)31/h3-9,14,18H,10-13H2,1-2H3. The molecule has 1 saturated heterocycles. The number of Topliss-reactive ketones (excluding diaryl/α,β-unsaturated/α-hetero) is 1. The van der Waals surface area contributed by atoms with Crippen LogP contribution < -0.4 is 4.74 Å². The number of rotatable bonds is 5. The van der Waals surface area contributed by atoms with Gasteiger partial charge in [0.15, 0.2) is 5.78 Å². The van der Waals surface area contributed by atoms with Gasteiger partial charge < -0.3 is 9.64 Å². The summed E-state index contributed by atoms with van der Waals surface area (Å²) in [6.45, 7) is 4.48. The molecule has 0 spiro atoms. The lowest BCUT2D eigenvalue weighted by molar-refractivity contribution is -0.274. The number of piperidine rings is 1. The van der Waals surface area contributed by atoms with Gasteiger partial charge in [-0.2, -0.15) is 0 Å². The van der Waals surface area contributed by atoms with Crippen molar-refractivity contribution in [3.05, 3.63) is 69.7 Å². The third-order valence-corrected chi connectivity index (χ3v) is 6.90. The third-order valence-electron chi connectivity index (χ3n) is 5.89. The predicted molar refractivity (Wildman–Crippen MR) is 123 cm³/mol. The zero-order chi connectivity index (χ0) is 24.5. The summed E-state index contributed by atoms with van der Waals surface area (Å²) in [5.74, 6) is -0.272. The van der Waals surface area contributed by atoms with Crippen molar-refractivity contribution in [2.45, 2.75) is 39.0 Å². The molecule has 1 amide bonds. The van der Waals surface area contributed by atoms with Gasteiger partial charge in [0, 0.05) is 36.9 Å². The maximum Gasteiger partial charge on any atom is 0.573 e. The summed E-state index contributed by atoms with van der Waals surface area (Å²) in [6.07, 6.45) is -3.26. The van der Waals surface area contributed by atoms with E-state index in [1.165, 1.54) is 42.5 Å². The number of hydrogen-bond acceptors (Lipinski definition) is 5. The van der Waals surface area contributed by atoms with E-state index < -0.39 is 6.36 Å². The molecule has 9 heteroatoms. The first kappa shape index (κ1) is 23.9. The molecule has 2 heterocycles. The highest BCUT2D eigenvalue weighted by molar-refractivity contribution is 7.09. The van der Waals surface area contributed by atoms with Crippen molar-refractivity contribution in [1.82, 2.24) is 9.88 Å². The average Bonchev–Trinajstić information content (AvgIpc) is 3.29. The Morgan fingerprint density at radius 2 is 1.76 bits per heavy atom. The zero-order valence-electron chi connectivity index (χ0n) is 18.7. The number of carbonyl (C=O) groups excluding carboxylic acids is 2. The number of amides is 1. The number of aromatic nitrogens is 1. The van der Waals surface area contributed by atoms with Gasteiger partial charge in [0.1, 0.15) is 11.4 Å². The molecular weight excluding hydrogens is 465 g/mol. The van der Waals surface area contributed by atoms with Crippen LogP contribution in [-0.4, -0.2) is 41.0 Å². The van der Waals surface area contributed by atoms with Gasteiger partial charge in [-0.25, -0.2) is 4.98 Å². The number of halogens is 3. The molecule has 4 rings (SSSR count). The quantitative estimate of drug-likeness (QED) is 0.399. The predicted octanol–water partition coefficient (Wildman–Crippen LogP) is 6.24. The van der Waals surface area contributed by atoms with E-state index in [9.17, 15) is 22.8 Å². The molecule has 1 aromatic heterocycles. The number of thiazole rings is 1. The van der Waals surface area contributed by atoms with Gasteiger partial charge in [-0.05, 0) is 54.7 Å². The largest absolute Gasteiger partial charge is 0.573 e. The molecular formula is C25H23F3N2O3S. The number of benzene rings is 2. The smallest absolute Gasteiger partial charge is 0.406 e. The van der Waals surface area contributed by atoms with Crippen LogP contribution in [0.3, 0.4) is 0 Å². The Balaban J connectivity index is 1.51. The van der Waals surface area contributed by atoms with Crippen LogP contribution in [0.15, 0.2) is 47.8 Å². The van der Waals surface area contributed by atoms with Gasteiger partial charge in [0.25, 0.3) is 5.91 Å². The van der Waals surface area contributed by atoms with E-state index in [1.807, 2.05) is 13.0 Å². The summed E-state index contributed by atoms with van der Waals surface area (Å²) in [4.78, 5) is 31.2. The number of alkyl halides is 3. The van der Waals surface area contributed by atoms with Crippen molar-refractivity contribution in [2.75, 3.05) is 13.1 Å². The highest BCUT2D eigenvalue weighted by Gasteiger charge is 2.31. The Morgan fingerprint density at radius 3 is 2.35 bits per heavy atom. The van der Waals surface area contributed by atoms with Gasteiger partial charge in [-0.3, -0.25) is 9.59 Å². The minimum absolute atomic E-state index is 0.0555. The molecule has 5 nitrogen and oxygen atoms in total. The van der Waals surface area contributed by atoms with Crippen molar-refractivity contribution >= 4 is 23.0 Å². The molecule has 0 unspecified atom stereocenters. The zero-order valence-corrected chi connectivity index (χ0v) is 19.5. The summed E-state index contributed by atoms with van der Waals surface area (Å²) in [5.41, 5.74) is 3.18. The Hall–Kier alpha value is -3.20. The fraction of sp³-hybridized carbons (Fsp3) is 0.320. The number of ketones is 1. The highest BCUT2D eigenvalue weighted by Crippen LogP contribution is 2.34. The van der Waals surface area contributed by atoms with Gasteiger partial charge in [-0.15, -0.1) is 24.5 Å². The molecule has 0 bridgehead atoms. The number of hydrogen-bond donors (Lipinski definition) is 0. The van der Waals surface area contributed by atoms with Gasteiger partial charge >= 0.3 is 6.36 Å². The summed E-state index contributed by atoms with van der Waals surface area (Å²) in [5, 5.41) is 2.70. The van der Waals surface area contributed by atoms with Crippen LogP contribution in [0.1, 0.15) is 57.1 Å². The fourth-order valence-corrected chi connectivity index (χ4v) is 5.22. The number of likely N-dealkylation sites (tertiary alicyclic amines) is 1. The molecule has 0 saturated carbocycles. The second-order valence-corrected chi connectivity index (χ2v) is 9.15. The number of ether oxygens (including phenoxy) is 1. The van der Waals surface area contributed by atoms with E-state index >= 15 is 0 Å². The first-order valence-electron chi connectivity index (χ1n) is 10.8. The molecule has 1 aliphatic rings.